The number of benzene rings is 1. The van der Waals surface area contributed by atoms with E-state index in [1.165, 1.54) is 11.1 Å². The Bertz CT molecular complexity index is 559. The highest BCUT2D eigenvalue weighted by Crippen LogP contribution is 2.25. The van der Waals surface area contributed by atoms with Crippen molar-refractivity contribution in [2.24, 2.45) is 0 Å². The Balaban J connectivity index is 1.87. The average molecular weight is 256 g/mol. The summed E-state index contributed by atoms with van der Waals surface area (Å²) in [5.74, 6) is 1.06. The lowest BCUT2D eigenvalue weighted by Gasteiger charge is -2.27. The van der Waals surface area contributed by atoms with Crippen LogP contribution in [0.15, 0.2) is 30.6 Å². The Hall–Kier alpha value is -1.68. The molecule has 1 N–H and O–H groups in total. The van der Waals surface area contributed by atoms with E-state index in [0.29, 0.717) is 12.1 Å². The number of rotatable bonds is 3. The van der Waals surface area contributed by atoms with Crippen molar-refractivity contribution in [3.8, 4) is 0 Å². The highest BCUT2D eigenvalue weighted by Gasteiger charge is 2.21. The molecule has 0 radical (unpaired) electrons. The molecule has 1 unspecified atom stereocenters. The smallest absolute Gasteiger partial charge is 0.138 e. The summed E-state index contributed by atoms with van der Waals surface area (Å²) in [6.45, 7) is 5.32. The topological polar surface area (TPSA) is 42.7 Å². The van der Waals surface area contributed by atoms with Gasteiger partial charge in [-0.2, -0.15) is 5.10 Å². The maximum Gasteiger partial charge on any atom is 0.138 e. The number of fused-ring (bicyclic) bond motifs is 1. The molecule has 0 fully saturated rings. The van der Waals surface area contributed by atoms with E-state index in [2.05, 4.69) is 53.5 Å². The summed E-state index contributed by atoms with van der Waals surface area (Å²) in [5.41, 5.74) is 2.87. The van der Waals surface area contributed by atoms with E-state index < -0.39 is 0 Å². The zero-order chi connectivity index (χ0) is 13.2. The number of nitrogens with one attached hydrogen (secondary N) is 1. The summed E-state index contributed by atoms with van der Waals surface area (Å²) >= 11 is 0. The molecule has 3 rings (SSSR count). The van der Waals surface area contributed by atoms with Crippen molar-refractivity contribution in [2.75, 3.05) is 6.54 Å². The largest absolute Gasteiger partial charge is 0.309 e. The Morgan fingerprint density at radius 1 is 1.37 bits per heavy atom. The third kappa shape index (κ3) is 2.40. The fourth-order valence-electron chi connectivity index (χ4n) is 2.81. The maximum absolute atomic E-state index is 4.42. The van der Waals surface area contributed by atoms with Gasteiger partial charge in [-0.25, -0.2) is 9.67 Å². The van der Waals surface area contributed by atoms with Crippen molar-refractivity contribution < 1.29 is 0 Å². The molecule has 4 heteroatoms. The second-order valence-corrected chi connectivity index (χ2v) is 5.37. The minimum absolute atomic E-state index is 0.353. The van der Waals surface area contributed by atoms with Gasteiger partial charge in [0, 0.05) is 18.5 Å². The summed E-state index contributed by atoms with van der Waals surface area (Å²) in [5, 5.41) is 7.91. The number of aromatic nitrogens is 3. The fourth-order valence-corrected chi connectivity index (χ4v) is 2.81. The zero-order valence-corrected chi connectivity index (χ0v) is 11.5. The van der Waals surface area contributed by atoms with Gasteiger partial charge < -0.3 is 5.32 Å². The fraction of sp³-hybridized carbons (Fsp3) is 0.467. The molecule has 1 aliphatic rings. The summed E-state index contributed by atoms with van der Waals surface area (Å²) in [7, 11) is 0. The SMILES string of the molecule is CC(C)n1ncnc1CC1NCCc2ccccc21. The standard InChI is InChI=1S/C15H20N4/c1-11(2)19-15(17-10-18-19)9-14-13-6-4-3-5-12(13)7-8-16-14/h3-6,10-11,14,16H,7-9H2,1-2H3. The summed E-state index contributed by atoms with van der Waals surface area (Å²) in [6, 6.07) is 9.41. The van der Waals surface area contributed by atoms with E-state index in [1.807, 2.05) is 4.68 Å². The first-order valence-electron chi connectivity index (χ1n) is 6.95. The second kappa shape index (κ2) is 5.13. The quantitative estimate of drug-likeness (QED) is 0.916. The Kier molecular flexibility index (Phi) is 3.34. The van der Waals surface area contributed by atoms with Crippen LogP contribution in [0.2, 0.25) is 0 Å². The van der Waals surface area contributed by atoms with Crippen LogP contribution in [-0.4, -0.2) is 21.3 Å². The van der Waals surface area contributed by atoms with E-state index >= 15 is 0 Å². The first-order valence-corrected chi connectivity index (χ1v) is 6.95. The van der Waals surface area contributed by atoms with E-state index in [1.54, 1.807) is 6.33 Å². The van der Waals surface area contributed by atoms with Gasteiger partial charge in [-0.05, 0) is 37.9 Å². The van der Waals surface area contributed by atoms with Crippen LogP contribution in [0.4, 0.5) is 0 Å². The van der Waals surface area contributed by atoms with Gasteiger partial charge in [0.2, 0.25) is 0 Å². The van der Waals surface area contributed by atoms with E-state index in [9.17, 15) is 0 Å². The van der Waals surface area contributed by atoms with Gasteiger partial charge in [-0.15, -0.1) is 0 Å². The van der Waals surface area contributed by atoms with Gasteiger partial charge in [0.05, 0.1) is 0 Å². The number of nitrogens with zero attached hydrogens (tertiary/aromatic N) is 3. The van der Waals surface area contributed by atoms with Crippen LogP contribution < -0.4 is 5.32 Å². The van der Waals surface area contributed by atoms with Crippen LogP contribution in [0.5, 0.6) is 0 Å². The molecule has 2 heterocycles. The van der Waals surface area contributed by atoms with Crippen LogP contribution >= 0.6 is 0 Å². The van der Waals surface area contributed by atoms with Crippen molar-refractivity contribution >= 4 is 0 Å². The highest BCUT2D eigenvalue weighted by molar-refractivity contribution is 5.32. The van der Waals surface area contributed by atoms with Gasteiger partial charge in [0.1, 0.15) is 12.2 Å². The lowest BCUT2D eigenvalue weighted by atomic mass is 9.92. The molecule has 2 aromatic rings. The molecule has 0 amide bonds. The molecule has 4 nitrogen and oxygen atoms in total. The van der Waals surface area contributed by atoms with Crippen LogP contribution in [-0.2, 0) is 12.8 Å². The van der Waals surface area contributed by atoms with Gasteiger partial charge in [-0.3, -0.25) is 0 Å². The van der Waals surface area contributed by atoms with Gasteiger partial charge in [0.25, 0.3) is 0 Å². The molecule has 0 bridgehead atoms. The van der Waals surface area contributed by atoms with E-state index in [-0.39, 0.29) is 0 Å². The molecule has 1 aromatic heterocycles. The third-order valence-electron chi connectivity index (χ3n) is 3.74. The molecule has 1 aromatic carbocycles. The Morgan fingerprint density at radius 2 is 2.21 bits per heavy atom. The molecule has 1 atom stereocenters. The van der Waals surface area contributed by atoms with Crippen LogP contribution in [0.3, 0.4) is 0 Å². The normalized spacial score (nSPS) is 18.6. The highest BCUT2D eigenvalue weighted by atomic mass is 15.3. The predicted molar refractivity (Wildman–Crippen MR) is 75.0 cm³/mol. The van der Waals surface area contributed by atoms with Crippen molar-refractivity contribution in [3.63, 3.8) is 0 Å². The first kappa shape index (κ1) is 12.4. The van der Waals surface area contributed by atoms with E-state index in [0.717, 1.165) is 25.2 Å². The van der Waals surface area contributed by atoms with Crippen LogP contribution in [0, 0.1) is 0 Å². The molecule has 0 spiro atoms. The van der Waals surface area contributed by atoms with Crippen LogP contribution in [0.1, 0.15) is 42.9 Å². The third-order valence-corrected chi connectivity index (χ3v) is 3.74. The lowest BCUT2D eigenvalue weighted by Crippen LogP contribution is -2.32. The van der Waals surface area contributed by atoms with Gasteiger partial charge >= 0.3 is 0 Å². The monoisotopic (exact) mass is 256 g/mol. The zero-order valence-electron chi connectivity index (χ0n) is 11.5. The Morgan fingerprint density at radius 3 is 3.05 bits per heavy atom. The molecular weight excluding hydrogens is 236 g/mol. The van der Waals surface area contributed by atoms with Crippen molar-refractivity contribution in [3.05, 3.63) is 47.5 Å². The molecular formula is C15H20N4. The van der Waals surface area contributed by atoms with Gasteiger partial charge in [-0.1, -0.05) is 24.3 Å². The average Bonchev–Trinajstić information content (AvgIpc) is 2.87. The van der Waals surface area contributed by atoms with Crippen molar-refractivity contribution in [2.45, 2.75) is 38.8 Å². The molecule has 0 saturated heterocycles. The molecule has 0 saturated carbocycles. The molecule has 19 heavy (non-hydrogen) atoms. The molecule has 1 aliphatic heterocycles. The minimum Gasteiger partial charge on any atom is -0.309 e. The van der Waals surface area contributed by atoms with E-state index in [4.69, 9.17) is 0 Å². The van der Waals surface area contributed by atoms with Gasteiger partial charge in [0.15, 0.2) is 0 Å². The Labute approximate surface area is 113 Å². The van der Waals surface area contributed by atoms with Crippen molar-refractivity contribution in [1.29, 1.82) is 0 Å². The summed E-state index contributed by atoms with van der Waals surface area (Å²) < 4.78 is 2.01. The minimum atomic E-state index is 0.353. The summed E-state index contributed by atoms with van der Waals surface area (Å²) in [6.07, 6.45) is 3.67. The molecule has 100 valence electrons. The lowest BCUT2D eigenvalue weighted by molar-refractivity contribution is 0.451. The van der Waals surface area contributed by atoms with Crippen molar-refractivity contribution in [1.82, 2.24) is 20.1 Å². The number of hydrogen-bond acceptors (Lipinski definition) is 3. The number of hydrogen-bond donors (Lipinski definition) is 1. The maximum atomic E-state index is 4.42. The predicted octanol–water partition coefficient (Wildman–Crippen LogP) is 2.29. The van der Waals surface area contributed by atoms with Crippen LogP contribution in [0.25, 0.3) is 0 Å². The second-order valence-electron chi connectivity index (χ2n) is 5.37. The summed E-state index contributed by atoms with van der Waals surface area (Å²) in [4.78, 5) is 4.42. The molecule has 0 aliphatic carbocycles. The first-order chi connectivity index (χ1) is 9.25.